The molecule has 2 rings (SSSR count). The number of benzene rings is 1. The van der Waals surface area contributed by atoms with Crippen LogP contribution in [-0.4, -0.2) is 11.6 Å². The Kier molecular flexibility index (Phi) is 2.52. The zero-order valence-corrected chi connectivity index (χ0v) is 10.1. The van der Waals surface area contributed by atoms with Crippen LogP contribution in [0.25, 0.3) is 10.8 Å². The number of aromatic nitrogens is 1. The second-order valence-corrected chi connectivity index (χ2v) is 4.26. The molecule has 3 nitrogen and oxygen atoms in total. The van der Waals surface area contributed by atoms with Gasteiger partial charge in [0.05, 0.1) is 0 Å². The number of fused-ring (bicyclic) bond motifs is 1. The van der Waals surface area contributed by atoms with Crippen molar-refractivity contribution >= 4 is 32.4 Å². The summed E-state index contributed by atoms with van der Waals surface area (Å²) in [5.74, 6) is 0. The molecule has 0 fully saturated rings. The van der Waals surface area contributed by atoms with Crippen molar-refractivity contribution < 1.29 is 0 Å². The standard InChI is InChI=1S/C11H11BrN2O/c1-13-10-5-7-3-4-14(2)11(15)8(7)6-9(10)12/h3-6,13H,1-2H3. The fourth-order valence-corrected chi connectivity index (χ4v) is 2.10. The van der Waals surface area contributed by atoms with Crippen LogP contribution in [0.1, 0.15) is 0 Å². The van der Waals surface area contributed by atoms with E-state index in [0.29, 0.717) is 0 Å². The summed E-state index contributed by atoms with van der Waals surface area (Å²) in [6.45, 7) is 0. The molecule has 78 valence electrons. The molecule has 0 saturated carbocycles. The first kappa shape index (κ1) is 10.2. The summed E-state index contributed by atoms with van der Waals surface area (Å²) >= 11 is 3.43. The monoisotopic (exact) mass is 266 g/mol. The van der Waals surface area contributed by atoms with Crippen molar-refractivity contribution in [1.29, 1.82) is 0 Å². The second kappa shape index (κ2) is 3.70. The van der Waals surface area contributed by atoms with Gasteiger partial charge in [-0.3, -0.25) is 4.79 Å². The van der Waals surface area contributed by atoms with Gasteiger partial charge in [-0.25, -0.2) is 0 Å². The van der Waals surface area contributed by atoms with Crippen LogP contribution in [0.15, 0.2) is 33.7 Å². The fourth-order valence-electron chi connectivity index (χ4n) is 1.55. The summed E-state index contributed by atoms with van der Waals surface area (Å²) in [4.78, 5) is 11.8. The Morgan fingerprint density at radius 1 is 1.40 bits per heavy atom. The number of anilines is 1. The Labute approximate surface area is 95.9 Å². The zero-order chi connectivity index (χ0) is 11.0. The van der Waals surface area contributed by atoms with Crippen molar-refractivity contribution in [2.75, 3.05) is 12.4 Å². The van der Waals surface area contributed by atoms with Gasteiger partial charge in [0.25, 0.3) is 5.56 Å². The number of hydrogen-bond donors (Lipinski definition) is 1. The van der Waals surface area contributed by atoms with Crippen LogP contribution in [0.5, 0.6) is 0 Å². The molecule has 0 aliphatic rings. The number of aryl methyl sites for hydroxylation is 1. The third-order valence-electron chi connectivity index (χ3n) is 2.44. The Balaban J connectivity index is 2.88. The zero-order valence-electron chi connectivity index (χ0n) is 8.54. The van der Waals surface area contributed by atoms with Crippen LogP contribution in [0.4, 0.5) is 5.69 Å². The van der Waals surface area contributed by atoms with Crippen molar-refractivity contribution in [2.24, 2.45) is 7.05 Å². The minimum atomic E-state index is 0.0239. The largest absolute Gasteiger partial charge is 0.387 e. The highest BCUT2D eigenvalue weighted by Crippen LogP contribution is 2.26. The van der Waals surface area contributed by atoms with Crippen LogP contribution < -0.4 is 10.9 Å². The Hall–Kier alpha value is -1.29. The highest BCUT2D eigenvalue weighted by atomic mass is 79.9. The molecule has 0 saturated heterocycles. The molecular formula is C11H11BrN2O. The quantitative estimate of drug-likeness (QED) is 0.860. The van der Waals surface area contributed by atoms with E-state index in [1.807, 2.05) is 25.2 Å². The maximum Gasteiger partial charge on any atom is 0.258 e. The molecule has 15 heavy (non-hydrogen) atoms. The number of pyridine rings is 1. The third kappa shape index (κ3) is 1.65. The number of nitrogens with zero attached hydrogens (tertiary/aromatic N) is 1. The van der Waals surface area contributed by atoms with Crippen LogP contribution in [0, 0.1) is 0 Å². The Morgan fingerprint density at radius 3 is 2.80 bits per heavy atom. The predicted octanol–water partition coefficient (Wildman–Crippen LogP) is 2.34. The Bertz CT molecular complexity index is 575. The van der Waals surface area contributed by atoms with Crippen LogP contribution in [0.3, 0.4) is 0 Å². The van der Waals surface area contributed by atoms with Crippen molar-refractivity contribution in [1.82, 2.24) is 4.57 Å². The summed E-state index contributed by atoms with van der Waals surface area (Å²) in [5.41, 5.74) is 1.01. The molecular weight excluding hydrogens is 256 g/mol. The maximum atomic E-state index is 11.8. The molecule has 0 bridgehead atoms. The van der Waals surface area contributed by atoms with E-state index in [-0.39, 0.29) is 5.56 Å². The lowest BCUT2D eigenvalue weighted by atomic mass is 10.1. The molecule has 0 atom stereocenters. The molecule has 0 aliphatic carbocycles. The van der Waals surface area contributed by atoms with E-state index in [0.717, 1.165) is 20.9 Å². The van der Waals surface area contributed by atoms with E-state index in [4.69, 9.17) is 0 Å². The minimum absolute atomic E-state index is 0.0239. The maximum absolute atomic E-state index is 11.8. The van der Waals surface area contributed by atoms with E-state index < -0.39 is 0 Å². The van der Waals surface area contributed by atoms with E-state index in [1.165, 1.54) is 0 Å². The Morgan fingerprint density at radius 2 is 2.13 bits per heavy atom. The van der Waals surface area contributed by atoms with Gasteiger partial charge in [-0.05, 0) is 39.5 Å². The van der Waals surface area contributed by atoms with Gasteiger partial charge in [0.15, 0.2) is 0 Å². The lowest BCUT2D eigenvalue weighted by Crippen LogP contribution is -2.15. The smallest absolute Gasteiger partial charge is 0.258 e. The molecule has 0 unspecified atom stereocenters. The van der Waals surface area contributed by atoms with Gasteiger partial charge < -0.3 is 9.88 Å². The molecule has 1 aromatic carbocycles. The van der Waals surface area contributed by atoms with Gasteiger partial charge in [0, 0.05) is 35.8 Å². The summed E-state index contributed by atoms with van der Waals surface area (Å²) in [6.07, 6.45) is 1.78. The molecule has 4 heteroatoms. The topological polar surface area (TPSA) is 34.0 Å². The molecule has 1 heterocycles. The van der Waals surface area contributed by atoms with Gasteiger partial charge in [-0.1, -0.05) is 0 Å². The minimum Gasteiger partial charge on any atom is -0.387 e. The van der Waals surface area contributed by atoms with E-state index in [2.05, 4.69) is 21.2 Å². The summed E-state index contributed by atoms with van der Waals surface area (Å²) < 4.78 is 2.48. The van der Waals surface area contributed by atoms with Gasteiger partial charge >= 0.3 is 0 Å². The van der Waals surface area contributed by atoms with Crippen LogP contribution >= 0.6 is 15.9 Å². The second-order valence-electron chi connectivity index (χ2n) is 3.40. The van der Waals surface area contributed by atoms with Crippen molar-refractivity contribution in [3.8, 4) is 0 Å². The molecule has 0 aliphatic heterocycles. The lowest BCUT2D eigenvalue weighted by Gasteiger charge is -2.06. The van der Waals surface area contributed by atoms with Crippen molar-refractivity contribution in [3.05, 3.63) is 39.2 Å². The number of nitrogens with one attached hydrogen (secondary N) is 1. The predicted molar refractivity (Wildman–Crippen MR) is 66.4 cm³/mol. The van der Waals surface area contributed by atoms with Gasteiger partial charge in [0.2, 0.25) is 0 Å². The first-order valence-corrected chi connectivity index (χ1v) is 5.39. The third-order valence-corrected chi connectivity index (χ3v) is 3.09. The summed E-state index contributed by atoms with van der Waals surface area (Å²) in [6, 6.07) is 5.74. The molecule has 1 N–H and O–H groups in total. The highest BCUT2D eigenvalue weighted by Gasteiger charge is 2.04. The fraction of sp³-hybridized carbons (Fsp3) is 0.182. The van der Waals surface area contributed by atoms with Crippen molar-refractivity contribution in [3.63, 3.8) is 0 Å². The normalized spacial score (nSPS) is 10.6. The van der Waals surface area contributed by atoms with E-state index >= 15 is 0 Å². The van der Waals surface area contributed by atoms with Gasteiger partial charge in [-0.2, -0.15) is 0 Å². The average molecular weight is 267 g/mol. The molecule has 0 radical (unpaired) electrons. The van der Waals surface area contributed by atoms with E-state index in [9.17, 15) is 4.79 Å². The van der Waals surface area contributed by atoms with Crippen LogP contribution in [0.2, 0.25) is 0 Å². The molecule has 2 aromatic rings. The van der Waals surface area contributed by atoms with E-state index in [1.54, 1.807) is 17.8 Å². The summed E-state index contributed by atoms with van der Waals surface area (Å²) in [7, 11) is 3.61. The first-order chi connectivity index (χ1) is 7.13. The molecule has 0 amide bonds. The lowest BCUT2D eigenvalue weighted by molar-refractivity contribution is 0.873. The number of halogens is 1. The molecule has 1 aromatic heterocycles. The van der Waals surface area contributed by atoms with Gasteiger partial charge in [0.1, 0.15) is 0 Å². The first-order valence-electron chi connectivity index (χ1n) is 4.60. The summed E-state index contributed by atoms with van der Waals surface area (Å²) in [5, 5.41) is 4.74. The number of rotatable bonds is 1. The van der Waals surface area contributed by atoms with Crippen molar-refractivity contribution in [2.45, 2.75) is 0 Å². The van der Waals surface area contributed by atoms with Crippen LogP contribution in [-0.2, 0) is 7.05 Å². The van der Waals surface area contributed by atoms with Gasteiger partial charge in [-0.15, -0.1) is 0 Å². The average Bonchev–Trinajstić information content (AvgIpc) is 2.24. The number of hydrogen-bond acceptors (Lipinski definition) is 2. The SMILES string of the molecule is CNc1cc2ccn(C)c(=O)c2cc1Br. The molecule has 0 spiro atoms. The highest BCUT2D eigenvalue weighted by molar-refractivity contribution is 9.10.